The Hall–Kier alpha value is 0.584. The Morgan fingerprint density at radius 3 is 2.67 bits per heavy atom. The van der Waals surface area contributed by atoms with Gasteiger partial charge in [-0.25, -0.2) is 0 Å². The van der Waals surface area contributed by atoms with Gasteiger partial charge in [-0.15, -0.1) is 0 Å². The standard InChI is InChI=1S/C11H17.Y/c1-10(2)8-9-11-6-4-3-5-7-11;/h4,6-8,10H,3,5,9H2,1-2H3;/q-1;. The Bertz CT molecular complexity index is 166. The molecule has 0 aromatic rings. The van der Waals surface area contributed by atoms with Gasteiger partial charge in [0.15, 0.2) is 0 Å². The van der Waals surface area contributed by atoms with Crippen LogP contribution in [-0.2, 0) is 32.7 Å². The Morgan fingerprint density at radius 1 is 1.42 bits per heavy atom. The molecule has 0 amide bonds. The average Bonchev–Trinajstić information content (AvgIpc) is 2.03. The number of rotatable bonds is 3. The second kappa shape index (κ2) is 7.03. The second-order valence-electron chi connectivity index (χ2n) is 3.44. The van der Waals surface area contributed by atoms with E-state index in [0.29, 0.717) is 5.92 Å². The fourth-order valence-corrected chi connectivity index (χ4v) is 1.19. The number of allylic oxidation sites excluding steroid dienone is 4. The maximum Gasteiger partial charge on any atom is 0 e. The molecule has 0 fully saturated rings. The Morgan fingerprint density at radius 2 is 2.17 bits per heavy atom. The fourth-order valence-electron chi connectivity index (χ4n) is 1.19. The SMILES string of the molecule is CC(C)[CH-]CC1=CCCC=C1.[Y]. The van der Waals surface area contributed by atoms with Crippen LogP contribution in [0.15, 0.2) is 23.8 Å². The number of hydrogen-bond acceptors (Lipinski definition) is 0. The summed E-state index contributed by atoms with van der Waals surface area (Å²) in [6, 6.07) is 0. The van der Waals surface area contributed by atoms with Crippen LogP contribution in [0.3, 0.4) is 0 Å². The van der Waals surface area contributed by atoms with E-state index in [9.17, 15) is 0 Å². The predicted octanol–water partition coefficient (Wildman–Crippen LogP) is 3.51. The molecule has 65 valence electrons. The maximum atomic E-state index is 2.36. The van der Waals surface area contributed by atoms with Gasteiger partial charge in [-0.3, -0.25) is 0 Å². The fraction of sp³-hybridized carbons (Fsp3) is 0.545. The third-order valence-electron chi connectivity index (χ3n) is 1.90. The normalized spacial score (nSPS) is 15.8. The molecule has 0 unspecified atom stereocenters. The van der Waals surface area contributed by atoms with E-state index < -0.39 is 0 Å². The first-order chi connectivity index (χ1) is 5.29. The zero-order valence-corrected chi connectivity index (χ0v) is 10.9. The van der Waals surface area contributed by atoms with E-state index in [1.165, 1.54) is 18.4 Å². The summed E-state index contributed by atoms with van der Waals surface area (Å²) >= 11 is 0. The minimum absolute atomic E-state index is 0. The minimum Gasteiger partial charge on any atom is -0.322 e. The van der Waals surface area contributed by atoms with Gasteiger partial charge < -0.3 is 6.42 Å². The van der Waals surface area contributed by atoms with Gasteiger partial charge in [0, 0.05) is 32.7 Å². The van der Waals surface area contributed by atoms with Gasteiger partial charge in [0.25, 0.3) is 0 Å². The van der Waals surface area contributed by atoms with Crippen molar-refractivity contribution in [2.45, 2.75) is 33.1 Å². The molecular formula is C11H17Y-. The molecule has 1 rings (SSSR count). The summed E-state index contributed by atoms with van der Waals surface area (Å²) in [6.07, 6.45) is 12.8. The quantitative estimate of drug-likeness (QED) is 0.660. The maximum absolute atomic E-state index is 2.36. The van der Waals surface area contributed by atoms with E-state index >= 15 is 0 Å². The molecular weight excluding hydrogens is 221 g/mol. The first-order valence-corrected chi connectivity index (χ1v) is 4.48. The van der Waals surface area contributed by atoms with Crippen LogP contribution < -0.4 is 0 Å². The predicted molar refractivity (Wildman–Crippen MR) is 50.2 cm³/mol. The van der Waals surface area contributed by atoms with E-state index in [1.54, 1.807) is 0 Å². The summed E-state index contributed by atoms with van der Waals surface area (Å²) in [7, 11) is 0. The monoisotopic (exact) mass is 238 g/mol. The van der Waals surface area contributed by atoms with E-state index in [4.69, 9.17) is 0 Å². The van der Waals surface area contributed by atoms with Crippen molar-refractivity contribution in [2.24, 2.45) is 5.92 Å². The van der Waals surface area contributed by atoms with E-state index in [-0.39, 0.29) is 32.7 Å². The zero-order chi connectivity index (χ0) is 8.10. The molecule has 0 spiro atoms. The summed E-state index contributed by atoms with van der Waals surface area (Å²) in [4.78, 5) is 0. The van der Waals surface area contributed by atoms with Gasteiger partial charge in [-0.05, 0) is 12.8 Å². The molecule has 0 aromatic carbocycles. The van der Waals surface area contributed by atoms with Crippen LogP contribution in [0.5, 0.6) is 0 Å². The van der Waals surface area contributed by atoms with Crippen LogP contribution in [-0.4, -0.2) is 0 Å². The largest absolute Gasteiger partial charge is 0.322 e. The van der Waals surface area contributed by atoms with Crippen molar-refractivity contribution in [3.05, 3.63) is 30.2 Å². The molecule has 0 aliphatic heterocycles. The molecule has 0 heterocycles. The van der Waals surface area contributed by atoms with E-state index in [1.807, 2.05) is 0 Å². The molecule has 0 saturated carbocycles. The van der Waals surface area contributed by atoms with Crippen molar-refractivity contribution < 1.29 is 32.7 Å². The van der Waals surface area contributed by atoms with E-state index in [0.717, 1.165) is 6.42 Å². The van der Waals surface area contributed by atoms with Gasteiger partial charge in [-0.1, -0.05) is 37.6 Å². The van der Waals surface area contributed by atoms with Gasteiger partial charge in [0.1, 0.15) is 0 Å². The minimum atomic E-state index is 0. The Balaban J connectivity index is 0.00000121. The molecule has 1 aliphatic rings. The van der Waals surface area contributed by atoms with Crippen LogP contribution in [0.4, 0.5) is 0 Å². The van der Waals surface area contributed by atoms with Crippen molar-refractivity contribution in [3.63, 3.8) is 0 Å². The van der Waals surface area contributed by atoms with E-state index in [2.05, 4.69) is 38.5 Å². The third-order valence-corrected chi connectivity index (χ3v) is 1.90. The zero-order valence-electron chi connectivity index (χ0n) is 8.09. The summed E-state index contributed by atoms with van der Waals surface area (Å²) in [5, 5.41) is 0. The van der Waals surface area contributed by atoms with Gasteiger partial charge in [0.2, 0.25) is 0 Å². The summed E-state index contributed by atoms with van der Waals surface area (Å²) in [6.45, 7) is 4.46. The van der Waals surface area contributed by atoms with Crippen molar-refractivity contribution in [3.8, 4) is 0 Å². The smallest absolute Gasteiger partial charge is 0 e. The van der Waals surface area contributed by atoms with Gasteiger partial charge >= 0.3 is 0 Å². The second-order valence-corrected chi connectivity index (χ2v) is 3.44. The summed E-state index contributed by atoms with van der Waals surface area (Å²) in [5.74, 6) is 0.714. The van der Waals surface area contributed by atoms with Crippen LogP contribution in [0, 0.1) is 12.3 Å². The van der Waals surface area contributed by atoms with Crippen molar-refractivity contribution in [1.29, 1.82) is 0 Å². The molecule has 1 aliphatic carbocycles. The first-order valence-electron chi connectivity index (χ1n) is 4.48. The van der Waals surface area contributed by atoms with Gasteiger partial charge in [-0.2, -0.15) is 12.3 Å². The Kier molecular flexibility index (Phi) is 7.37. The average molecular weight is 238 g/mol. The molecule has 0 nitrogen and oxygen atoms in total. The molecule has 0 saturated heterocycles. The molecule has 12 heavy (non-hydrogen) atoms. The molecule has 0 bridgehead atoms. The molecule has 0 atom stereocenters. The first kappa shape index (κ1) is 12.6. The van der Waals surface area contributed by atoms with Crippen LogP contribution >= 0.6 is 0 Å². The molecule has 1 radical (unpaired) electrons. The number of hydrogen-bond donors (Lipinski definition) is 0. The molecule has 0 N–H and O–H groups in total. The molecule has 1 heteroatoms. The van der Waals surface area contributed by atoms with Crippen LogP contribution in [0.25, 0.3) is 0 Å². The molecule has 0 aromatic heterocycles. The summed E-state index contributed by atoms with van der Waals surface area (Å²) in [5.41, 5.74) is 1.49. The summed E-state index contributed by atoms with van der Waals surface area (Å²) < 4.78 is 0. The van der Waals surface area contributed by atoms with Crippen molar-refractivity contribution in [2.75, 3.05) is 0 Å². The van der Waals surface area contributed by atoms with Crippen molar-refractivity contribution in [1.82, 2.24) is 0 Å². The van der Waals surface area contributed by atoms with Crippen LogP contribution in [0.2, 0.25) is 0 Å². The van der Waals surface area contributed by atoms with Crippen LogP contribution in [0.1, 0.15) is 33.1 Å². The van der Waals surface area contributed by atoms with Crippen molar-refractivity contribution >= 4 is 0 Å². The van der Waals surface area contributed by atoms with Gasteiger partial charge in [0.05, 0.1) is 0 Å². The third kappa shape index (κ3) is 5.27. The topological polar surface area (TPSA) is 0 Å². The Labute approximate surface area is 101 Å².